The van der Waals surface area contributed by atoms with Gasteiger partial charge in [-0.2, -0.15) is 0 Å². The number of rotatable bonds is 8. The quantitative estimate of drug-likeness (QED) is 0.481. The van der Waals surface area contributed by atoms with Crippen molar-refractivity contribution in [1.29, 1.82) is 0 Å². The number of aliphatic imine (C=N–C) groups is 1. The summed E-state index contributed by atoms with van der Waals surface area (Å²) in [6, 6.07) is 21.1. The summed E-state index contributed by atoms with van der Waals surface area (Å²) in [5.41, 5.74) is 2.59. The zero-order valence-electron chi connectivity index (χ0n) is 23.0. The van der Waals surface area contributed by atoms with E-state index in [0.29, 0.717) is 24.4 Å². The van der Waals surface area contributed by atoms with E-state index in [-0.39, 0.29) is 18.0 Å². The molecule has 2 saturated heterocycles. The Morgan fingerprint density at radius 2 is 1.56 bits per heavy atom. The SMILES string of the molecule is O=C(O)[C@@H](C1CCCCC1)N1C[C@H](CN2CCC(C3=NC(c4ccccc4)CO3)CC2)[C@@H](c2ccccc2)C1. The molecule has 4 aliphatic rings. The van der Waals surface area contributed by atoms with Crippen LogP contribution in [-0.2, 0) is 9.53 Å². The first-order valence-electron chi connectivity index (χ1n) is 15.2. The summed E-state index contributed by atoms with van der Waals surface area (Å²) in [6.07, 6.45) is 7.85. The van der Waals surface area contributed by atoms with E-state index in [1.807, 2.05) is 6.07 Å². The Balaban J connectivity index is 1.10. The third-order valence-corrected chi connectivity index (χ3v) is 9.73. The van der Waals surface area contributed by atoms with Crippen molar-refractivity contribution in [3.8, 4) is 0 Å². The molecule has 39 heavy (non-hydrogen) atoms. The molecule has 0 amide bonds. The van der Waals surface area contributed by atoms with Crippen LogP contribution in [0.15, 0.2) is 65.7 Å². The van der Waals surface area contributed by atoms with Crippen LogP contribution in [0.4, 0.5) is 0 Å². The van der Waals surface area contributed by atoms with Gasteiger partial charge in [-0.15, -0.1) is 0 Å². The number of piperidine rings is 1. The molecule has 3 heterocycles. The Morgan fingerprint density at radius 1 is 0.897 bits per heavy atom. The second kappa shape index (κ2) is 12.2. The van der Waals surface area contributed by atoms with E-state index in [0.717, 1.165) is 64.3 Å². The molecule has 1 aliphatic carbocycles. The van der Waals surface area contributed by atoms with Gasteiger partial charge in [0.1, 0.15) is 18.7 Å². The highest BCUT2D eigenvalue weighted by Crippen LogP contribution is 2.39. The molecule has 0 bridgehead atoms. The van der Waals surface area contributed by atoms with Gasteiger partial charge >= 0.3 is 5.97 Å². The molecule has 3 aliphatic heterocycles. The number of benzene rings is 2. The number of nitrogens with zero attached hydrogens (tertiary/aromatic N) is 3. The fraction of sp³-hybridized carbons (Fsp3) is 0.576. The lowest BCUT2D eigenvalue weighted by atomic mass is 9.83. The first-order chi connectivity index (χ1) is 19.2. The summed E-state index contributed by atoms with van der Waals surface area (Å²) in [5, 5.41) is 10.3. The van der Waals surface area contributed by atoms with Gasteiger partial charge in [0.15, 0.2) is 5.90 Å². The van der Waals surface area contributed by atoms with E-state index in [2.05, 4.69) is 64.4 Å². The van der Waals surface area contributed by atoms with Crippen LogP contribution >= 0.6 is 0 Å². The number of hydrogen-bond donors (Lipinski definition) is 1. The predicted molar refractivity (Wildman–Crippen MR) is 154 cm³/mol. The Morgan fingerprint density at radius 3 is 2.23 bits per heavy atom. The van der Waals surface area contributed by atoms with Crippen LogP contribution in [0, 0.1) is 17.8 Å². The highest BCUT2D eigenvalue weighted by Gasteiger charge is 2.43. The molecule has 2 aromatic rings. The Labute approximate surface area is 233 Å². The smallest absolute Gasteiger partial charge is 0.321 e. The third-order valence-electron chi connectivity index (χ3n) is 9.73. The largest absolute Gasteiger partial charge is 0.480 e. The maximum atomic E-state index is 12.5. The van der Waals surface area contributed by atoms with Crippen molar-refractivity contribution in [3.63, 3.8) is 0 Å². The predicted octanol–water partition coefficient (Wildman–Crippen LogP) is 5.62. The fourth-order valence-electron chi connectivity index (χ4n) is 7.66. The van der Waals surface area contributed by atoms with Gasteiger partial charge in [-0.25, -0.2) is 4.99 Å². The number of ether oxygens (including phenoxy) is 1. The molecule has 4 atom stereocenters. The van der Waals surface area contributed by atoms with Gasteiger partial charge in [-0.05, 0) is 61.7 Å². The first-order valence-corrected chi connectivity index (χ1v) is 15.2. The van der Waals surface area contributed by atoms with Crippen LogP contribution in [0.5, 0.6) is 0 Å². The molecule has 6 heteroatoms. The molecule has 6 rings (SSSR count). The maximum Gasteiger partial charge on any atom is 0.321 e. The summed E-state index contributed by atoms with van der Waals surface area (Å²) < 4.78 is 6.09. The Hall–Kier alpha value is -2.70. The van der Waals surface area contributed by atoms with E-state index >= 15 is 0 Å². The molecule has 1 unspecified atom stereocenters. The molecule has 0 radical (unpaired) electrons. The summed E-state index contributed by atoms with van der Waals surface area (Å²) in [6.45, 7) is 5.51. The van der Waals surface area contributed by atoms with E-state index in [9.17, 15) is 9.90 Å². The van der Waals surface area contributed by atoms with Crippen LogP contribution in [0.2, 0.25) is 0 Å². The van der Waals surface area contributed by atoms with Gasteiger partial charge in [0.05, 0.1) is 0 Å². The second-order valence-corrected chi connectivity index (χ2v) is 12.2. The van der Waals surface area contributed by atoms with Crippen LogP contribution in [-0.4, -0.2) is 72.1 Å². The molecular weight excluding hydrogens is 486 g/mol. The number of carboxylic acids is 1. The summed E-state index contributed by atoms with van der Waals surface area (Å²) in [5.74, 6) is 1.84. The van der Waals surface area contributed by atoms with Crippen LogP contribution in [0.1, 0.15) is 68.0 Å². The lowest BCUT2D eigenvalue weighted by Crippen LogP contribution is -2.46. The van der Waals surface area contributed by atoms with Crippen molar-refractivity contribution in [2.45, 2.75) is 62.9 Å². The zero-order chi connectivity index (χ0) is 26.6. The van der Waals surface area contributed by atoms with Crippen molar-refractivity contribution in [2.75, 3.05) is 39.3 Å². The normalized spacial score (nSPS) is 28.2. The average molecular weight is 530 g/mol. The molecule has 1 N–H and O–H groups in total. The molecule has 208 valence electrons. The lowest BCUT2D eigenvalue weighted by Gasteiger charge is -2.35. The van der Waals surface area contributed by atoms with E-state index in [1.165, 1.54) is 30.4 Å². The van der Waals surface area contributed by atoms with Crippen molar-refractivity contribution in [1.82, 2.24) is 9.80 Å². The van der Waals surface area contributed by atoms with Crippen LogP contribution in [0.25, 0.3) is 0 Å². The molecule has 2 aromatic carbocycles. The molecule has 0 aromatic heterocycles. The summed E-state index contributed by atoms with van der Waals surface area (Å²) >= 11 is 0. The van der Waals surface area contributed by atoms with Crippen molar-refractivity contribution in [2.24, 2.45) is 22.7 Å². The van der Waals surface area contributed by atoms with E-state index in [4.69, 9.17) is 9.73 Å². The molecule has 6 nitrogen and oxygen atoms in total. The summed E-state index contributed by atoms with van der Waals surface area (Å²) in [4.78, 5) is 22.4. The Kier molecular flexibility index (Phi) is 8.31. The van der Waals surface area contributed by atoms with Crippen molar-refractivity contribution < 1.29 is 14.6 Å². The van der Waals surface area contributed by atoms with Crippen molar-refractivity contribution >= 4 is 11.9 Å². The van der Waals surface area contributed by atoms with Crippen LogP contribution in [0.3, 0.4) is 0 Å². The zero-order valence-corrected chi connectivity index (χ0v) is 23.0. The van der Waals surface area contributed by atoms with Gasteiger partial charge in [0.25, 0.3) is 0 Å². The minimum Gasteiger partial charge on any atom is -0.480 e. The minimum atomic E-state index is -0.624. The monoisotopic (exact) mass is 529 g/mol. The molecule has 1 saturated carbocycles. The molecular formula is C33H43N3O3. The number of hydrogen-bond acceptors (Lipinski definition) is 5. The second-order valence-electron chi connectivity index (χ2n) is 12.2. The fourth-order valence-corrected chi connectivity index (χ4v) is 7.66. The number of carbonyl (C=O) groups is 1. The summed E-state index contributed by atoms with van der Waals surface area (Å²) in [7, 11) is 0. The van der Waals surface area contributed by atoms with Gasteiger partial charge in [0.2, 0.25) is 0 Å². The number of aliphatic carboxylic acids is 1. The number of carboxylic acid groups (broad SMARTS) is 1. The van der Waals surface area contributed by atoms with Crippen molar-refractivity contribution in [3.05, 3.63) is 71.8 Å². The highest BCUT2D eigenvalue weighted by molar-refractivity contribution is 5.80. The highest BCUT2D eigenvalue weighted by atomic mass is 16.5. The van der Waals surface area contributed by atoms with E-state index < -0.39 is 5.97 Å². The standard InChI is InChI=1S/C33H43N3O3/c37-33(38)31(26-14-8-3-9-15-26)36-21-28(29(22-36)24-10-4-1-5-11-24)20-35-18-16-27(17-19-35)32-34-30(23-39-32)25-12-6-2-7-13-25/h1-2,4-7,10-13,26-31H,3,8-9,14-23H2,(H,37,38)/t28-,29+,30?,31+/m0/s1. The third kappa shape index (κ3) is 6.07. The molecule has 0 spiro atoms. The molecule has 3 fully saturated rings. The number of likely N-dealkylation sites (tertiary alicyclic amines) is 2. The minimum absolute atomic E-state index is 0.127. The average Bonchev–Trinajstić information content (AvgIpc) is 3.63. The lowest BCUT2D eigenvalue weighted by molar-refractivity contribution is -0.145. The topological polar surface area (TPSA) is 65.4 Å². The van der Waals surface area contributed by atoms with E-state index in [1.54, 1.807) is 0 Å². The maximum absolute atomic E-state index is 12.5. The Bertz CT molecular complexity index is 1110. The van der Waals surface area contributed by atoms with Gasteiger partial charge in [0, 0.05) is 31.5 Å². The van der Waals surface area contributed by atoms with Gasteiger partial charge in [-0.1, -0.05) is 79.9 Å². The van der Waals surface area contributed by atoms with Crippen LogP contribution < -0.4 is 0 Å². The van der Waals surface area contributed by atoms with Gasteiger partial charge < -0.3 is 14.7 Å². The van der Waals surface area contributed by atoms with Gasteiger partial charge in [-0.3, -0.25) is 9.69 Å². The first kappa shape index (κ1) is 26.5.